The number of esters is 10. The van der Waals surface area contributed by atoms with Crippen molar-refractivity contribution in [2.75, 3.05) is 19.8 Å². The monoisotopic (exact) mass is 1610 g/mol. The molecule has 646 valence electrons. The van der Waals surface area contributed by atoms with Crippen molar-refractivity contribution < 1.29 is 120 Å². The molecule has 114 heavy (non-hydrogen) atoms. The third-order valence-electron chi connectivity index (χ3n) is 29.1. The van der Waals surface area contributed by atoms with Gasteiger partial charge in [-0.2, -0.15) is 0 Å². The maximum absolute atomic E-state index is 12.9. The number of hydrogen-bond donors (Lipinski definition) is 2. The molecular weight excluding hydrogens is 1470 g/mol. The zero-order chi connectivity index (χ0) is 83.7. The number of carbonyl (C=O) groups excluding carboxylic acids is 10. The highest BCUT2D eigenvalue weighted by molar-refractivity contribution is 5.82. The highest BCUT2D eigenvalue weighted by atomic mass is 16.8. The molecule has 0 aromatic carbocycles. The van der Waals surface area contributed by atoms with Crippen molar-refractivity contribution in [3.05, 3.63) is 0 Å². The van der Waals surface area contributed by atoms with E-state index in [1.807, 2.05) is 76.2 Å². The standard InChI is InChI=1S/C26H42O7.C18H26O6.C16H22O6.C16H26O4.C13H24O2/c1-6-24(4,5)23(28)33-26-14-19-11-20(15-26)13-25(12-19,16-26)32-17(2)22(27)31-18(3)30-21-9-7-8-10-29-21;1-4-18(2,3)17(21)22-9-14(19)24-15-11-5-10-6-12(8-11)16(20)23-13(15)7-10;1-4-16(2,3)15(19)20-7-11(17)21-12-8-5-9-10(6-8)14(18)22-13(9)12;1-4-13(2,3)12(17)20-16-7-11-5-14(18,9-16)8-15(19,6-11)10-16;1-5-12(3,4)11(14)15-13(6-2)9-7-8-10-13/h17-21H,6-16H2,1-5H3;10-13,15H,4-9H2,1-3H3;8-10,12-13H,4-7H2,1-3H3;11,18-19H,4-10H2,1-3H3;5-10H2,1-4H3. The van der Waals surface area contributed by atoms with Crippen LogP contribution in [0.4, 0.5) is 0 Å². The minimum Gasteiger partial charge on any atom is -0.459 e. The largest absolute Gasteiger partial charge is 0.459 e. The van der Waals surface area contributed by atoms with E-state index in [-0.39, 0.29) is 114 Å². The Balaban J connectivity index is 0.000000154. The summed E-state index contributed by atoms with van der Waals surface area (Å²) >= 11 is 0. The Morgan fingerprint density at radius 1 is 0.491 bits per heavy atom. The van der Waals surface area contributed by atoms with E-state index in [9.17, 15) is 58.2 Å². The van der Waals surface area contributed by atoms with Crippen LogP contribution in [0, 0.1) is 80.3 Å². The van der Waals surface area contributed by atoms with Gasteiger partial charge >= 0.3 is 59.7 Å². The van der Waals surface area contributed by atoms with Gasteiger partial charge in [0.15, 0.2) is 25.6 Å². The Hall–Kier alpha value is -5.50. The van der Waals surface area contributed by atoms with Crippen molar-refractivity contribution in [1.82, 2.24) is 0 Å². The van der Waals surface area contributed by atoms with Crippen molar-refractivity contribution in [3.63, 3.8) is 0 Å². The van der Waals surface area contributed by atoms with Crippen molar-refractivity contribution in [1.29, 1.82) is 0 Å². The summed E-state index contributed by atoms with van der Waals surface area (Å²) in [7, 11) is 0. The Labute approximate surface area is 676 Å². The maximum Gasteiger partial charge on any atom is 0.344 e. The molecule has 13 aliphatic carbocycles. The van der Waals surface area contributed by atoms with Gasteiger partial charge in [0, 0.05) is 50.0 Å². The molecule has 0 radical (unpaired) electrons. The Bertz CT molecular complexity index is 3410. The van der Waals surface area contributed by atoms with E-state index < -0.39 is 98.0 Å². The molecule has 17 unspecified atom stereocenters. The molecule has 17 fully saturated rings. The van der Waals surface area contributed by atoms with Crippen molar-refractivity contribution >= 4 is 59.7 Å². The molecule has 4 saturated heterocycles. The molecular formula is C89H140O25. The van der Waals surface area contributed by atoms with E-state index in [1.54, 1.807) is 41.5 Å². The molecule has 0 amide bonds. The lowest BCUT2D eigenvalue weighted by atomic mass is 9.50. The number of carbonyl (C=O) groups is 10. The normalized spacial score (nSPS) is 35.8. The SMILES string of the molecule is CCC(C)(C)C(=O)OC12CC3CC(C1)CC(OC(C)C(=O)OC(C)OC1CCCCO1)(C3)C2.CCC(C)(C)C(=O)OC12CC3CC(O)(CC(O)(C3)C1)C2.CCC(C)(C)C(=O)OCC(=O)OC1C2CC3C(=O)OC1C3C2.CCC(C)(C)C(=O)OCC(=O)OC1C2CC3CC(C2)C(=O)OC1C3.CCC1(OC(=O)C(C)(C)CC)CCCC1. The molecule has 0 aromatic heterocycles. The number of aliphatic hydroxyl groups is 2. The van der Waals surface area contributed by atoms with E-state index in [2.05, 4.69) is 6.92 Å². The van der Waals surface area contributed by atoms with Gasteiger partial charge in [0.05, 0.1) is 55.7 Å². The van der Waals surface area contributed by atoms with Crippen LogP contribution in [0.2, 0.25) is 0 Å². The minimum absolute atomic E-state index is 0.00636. The fourth-order valence-electron chi connectivity index (χ4n) is 21.2. The fraction of sp³-hybridized carbons (Fsp3) is 0.888. The van der Waals surface area contributed by atoms with Crippen LogP contribution in [0.15, 0.2) is 0 Å². The predicted octanol–water partition coefficient (Wildman–Crippen LogP) is 14.4. The van der Waals surface area contributed by atoms with Crippen LogP contribution < -0.4 is 0 Å². The van der Waals surface area contributed by atoms with Gasteiger partial charge < -0.3 is 71.8 Å². The summed E-state index contributed by atoms with van der Waals surface area (Å²) in [6.07, 6.45) is 22.9. The van der Waals surface area contributed by atoms with E-state index >= 15 is 0 Å². The van der Waals surface area contributed by atoms with Crippen LogP contribution in [-0.2, 0) is 110 Å². The molecule has 0 aromatic rings. The number of hydrogen-bond acceptors (Lipinski definition) is 25. The molecule has 4 aliphatic heterocycles. The summed E-state index contributed by atoms with van der Waals surface area (Å²) in [5.41, 5.74) is -5.92. The van der Waals surface area contributed by atoms with Gasteiger partial charge in [0.25, 0.3) is 0 Å². The lowest BCUT2D eigenvalue weighted by Gasteiger charge is -2.62. The maximum atomic E-state index is 12.9. The first-order valence-electron chi connectivity index (χ1n) is 43.7. The molecule has 25 nitrogen and oxygen atoms in total. The van der Waals surface area contributed by atoms with Gasteiger partial charge in [-0.1, -0.05) is 41.5 Å². The summed E-state index contributed by atoms with van der Waals surface area (Å²) in [5.74, 6) is -0.823. The van der Waals surface area contributed by atoms with Crippen molar-refractivity contribution in [3.8, 4) is 0 Å². The van der Waals surface area contributed by atoms with Gasteiger partial charge in [-0.25, -0.2) is 14.4 Å². The Morgan fingerprint density at radius 3 is 1.51 bits per heavy atom. The van der Waals surface area contributed by atoms with Gasteiger partial charge in [0.1, 0.15) is 41.2 Å². The van der Waals surface area contributed by atoms with Gasteiger partial charge in [0.2, 0.25) is 6.29 Å². The molecule has 13 saturated carbocycles. The first kappa shape index (κ1) is 90.8. The minimum atomic E-state index is -0.842. The summed E-state index contributed by atoms with van der Waals surface area (Å²) < 4.78 is 73.1. The highest BCUT2D eigenvalue weighted by Crippen LogP contribution is 2.63. The summed E-state index contributed by atoms with van der Waals surface area (Å²) in [4.78, 5) is 122. The molecule has 17 aliphatic rings. The third kappa shape index (κ3) is 21.2. The first-order chi connectivity index (χ1) is 53.2. The summed E-state index contributed by atoms with van der Waals surface area (Å²) in [6.45, 7) is 34.0. The van der Waals surface area contributed by atoms with E-state index in [1.165, 1.54) is 12.8 Å². The van der Waals surface area contributed by atoms with Crippen LogP contribution in [-0.4, -0.2) is 166 Å². The van der Waals surface area contributed by atoms with Crippen LogP contribution in [0.1, 0.15) is 324 Å². The molecule has 14 bridgehead atoms. The average Bonchev–Trinajstić information content (AvgIpc) is 1.47. The van der Waals surface area contributed by atoms with Crippen LogP contribution >= 0.6 is 0 Å². The fourth-order valence-corrected chi connectivity index (χ4v) is 21.2. The lowest BCUT2D eigenvalue weighted by Crippen LogP contribution is -2.67. The average molecular weight is 1610 g/mol. The van der Waals surface area contributed by atoms with Crippen LogP contribution in [0.25, 0.3) is 0 Å². The van der Waals surface area contributed by atoms with Gasteiger partial charge in [-0.05, 0) is 280 Å². The predicted molar refractivity (Wildman–Crippen MR) is 415 cm³/mol. The van der Waals surface area contributed by atoms with Crippen LogP contribution in [0.3, 0.4) is 0 Å². The second-order valence-corrected chi connectivity index (χ2v) is 40.5. The first-order valence-corrected chi connectivity index (χ1v) is 43.7. The van der Waals surface area contributed by atoms with E-state index in [0.717, 1.165) is 148 Å². The third-order valence-corrected chi connectivity index (χ3v) is 29.1. The molecule has 0 spiro atoms. The van der Waals surface area contributed by atoms with Crippen LogP contribution in [0.5, 0.6) is 0 Å². The molecule has 4 heterocycles. The summed E-state index contributed by atoms with van der Waals surface area (Å²) in [6, 6.07) is 0. The van der Waals surface area contributed by atoms with Crippen molar-refractivity contribution in [2.24, 2.45) is 80.3 Å². The Morgan fingerprint density at radius 2 is 0.991 bits per heavy atom. The van der Waals surface area contributed by atoms with E-state index in [4.69, 9.17) is 61.6 Å². The smallest absolute Gasteiger partial charge is 0.344 e. The van der Waals surface area contributed by atoms with Crippen molar-refractivity contribution in [2.45, 2.75) is 400 Å². The lowest BCUT2D eigenvalue weighted by molar-refractivity contribution is -0.264. The zero-order valence-electron chi connectivity index (χ0n) is 72.1. The topological polar surface area (TPSA) is 331 Å². The number of rotatable bonds is 26. The zero-order valence-corrected chi connectivity index (χ0v) is 72.1. The quantitative estimate of drug-likeness (QED) is 0.0461. The number of ether oxygens (including phenoxy) is 13. The van der Waals surface area contributed by atoms with Gasteiger partial charge in [-0.3, -0.25) is 33.6 Å². The molecule has 2 N–H and O–H groups in total. The van der Waals surface area contributed by atoms with E-state index in [0.29, 0.717) is 62.9 Å². The van der Waals surface area contributed by atoms with Gasteiger partial charge in [-0.15, -0.1) is 0 Å². The molecule has 17 rings (SSSR count). The summed E-state index contributed by atoms with van der Waals surface area (Å²) in [5, 5.41) is 21.3. The Kier molecular flexibility index (Phi) is 28.2. The molecule has 25 heteroatoms. The highest BCUT2D eigenvalue weighted by Gasteiger charge is 2.67. The molecule has 17 atom stereocenters. The second-order valence-electron chi connectivity index (χ2n) is 40.5. The second kappa shape index (κ2) is 35.4. The number of fused-ring (bicyclic) bond motifs is 2.